The van der Waals surface area contributed by atoms with Crippen molar-refractivity contribution >= 4 is 28.9 Å². The molecule has 0 aromatic heterocycles. The van der Waals surface area contributed by atoms with Gasteiger partial charge in [-0.1, -0.05) is 25.4 Å². The van der Waals surface area contributed by atoms with Gasteiger partial charge in [0.25, 0.3) is 5.91 Å². The van der Waals surface area contributed by atoms with Gasteiger partial charge in [-0.05, 0) is 18.1 Å². The molecule has 8 heteroatoms. The van der Waals surface area contributed by atoms with Crippen molar-refractivity contribution in [2.24, 2.45) is 5.92 Å². The Morgan fingerprint density at radius 1 is 1.26 bits per heavy atom. The molecular formula is C19H21ClN2O5. The first kappa shape index (κ1) is 19.0. The highest BCUT2D eigenvalue weighted by molar-refractivity contribution is 6.32. The lowest BCUT2D eigenvalue weighted by molar-refractivity contribution is 0.102. The van der Waals surface area contributed by atoms with Crippen molar-refractivity contribution in [2.45, 2.75) is 13.8 Å². The molecule has 3 N–H and O–H groups in total. The Hall–Kier alpha value is -2.80. The highest BCUT2D eigenvalue weighted by atomic mass is 35.5. The summed E-state index contributed by atoms with van der Waals surface area (Å²) >= 11 is 6.31. The predicted molar refractivity (Wildman–Crippen MR) is 103 cm³/mol. The van der Waals surface area contributed by atoms with Crippen LogP contribution < -0.4 is 30.0 Å². The van der Waals surface area contributed by atoms with Crippen LogP contribution in [0.2, 0.25) is 5.02 Å². The summed E-state index contributed by atoms with van der Waals surface area (Å²) in [6.07, 6.45) is 0. The number of anilines is 2. The number of hydrogen-bond acceptors (Lipinski definition) is 6. The second-order valence-electron chi connectivity index (χ2n) is 6.44. The maximum Gasteiger partial charge on any atom is 0.255 e. The van der Waals surface area contributed by atoms with Crippen LogP contribution in [0.25, 0.3) is 0 Å². The molecule has 144 valence electrons. The summed E-state index contributed by atoms with van der Waals surface area (Å²) in [5, 5.41) is 3.04. The zero-order valence-corrected chi connectivity index (χ0v) is 16.1. The molecule has 2 aromatic rings. The van der Waals surface area contributed by atoms with Crippen molar-refractivity contribution in [1.29, 1.82) is 0 Å². The molecule has 3 rings (SSSR count). The van der Waals surface area contributed by atoms with Gasteiger partial charge < -0.3 is 30.0 Å². The summed E-state index contributed by atoms with van der Waals surface area (Å²) in [6.45, 7) is 4.65. The van der Waals surface area contributed by atoms with Gasteiger partial charge in [0.15, 0.2) is 23.0 Å². The topological polar surface area (TPSA) is 92.0 Å². The van der Waals surface area contributed by atoms with Gasteiger partial charge >= 0.3 is 0 Å². The Morgan fingerprint density at radius 3 is 2.63 bits per heavy atom. The number of nitrogen functional groups attached to an aromatic ring is 1. The minimum atomic E-state index is -0.392. The van der Waals surface area contributed by atoms with Gasteiger partial charge in [-0.3, -0.25) is 4.79 Å². The van der Waals surface area contributed by atoms with Crippen LogP contribution in [0.15, 0.2) is 24.3 Å². The fourth-order valence-corrected chi connectivity index (χ4v) is 2.77. The third-order valence-electron chi connectivity index (χ3n) is 3.85. The second kappa shape index (κ2) is 7.84. The molecule has 0 bridgehead atoms. The van der Waals surface area contributed by atoms with Crippen LogP contribution in [0.3, 0.4) is 0 Å². The SMILES string of the molecule is COc1cc(C(=O)Nc2cc3c(cc2N)OCO3)cc(Cl)c1OCC(C)C. The van der Waals surface area contributed by atoms with Crippen molar-refractivity contribution in [3.63, 3.8) is 0 Å². The molecule has 1 aliphatic heterocycles. The molecule has 0 radical (unpaired) electrons. The summed E-state index contributed by atoms with van der Waals surface area (Å²) in [5.74, 6) is 1.78. The molecular weight excluding hydrogens is 372 g/mol. The number of amides is 1. The fourth-order valence-electron chi connectivity index (χ4n) is 2.50. The second-order valence-corrected chi connectivity index (χ2v) is 6.85. The number of nitrogens with one attached hydrogen (secondary N) is 1. The van der Waals surface area contributed by atoms with E-state index in [0.29, 0.717) is 57.5 Å². The highest BCUT2D eigenvalue weighted by Gasteiger charge is 2.20. The Bertz CT molecular complexity index is 870. The van der Waals surface area contributed by atoms with Gasteiger partial charge in [0.1, 0.15) is 0 Å². The lowest BCUT2D eigenvalue weighted by Gasteiger charge is -2.16. The van der Waals surface area contributed by atoms with Crippen molar-refractivity contribution < 1.29 is 23.7 Å². The van der Waals surface area contributed by atoms with Crippen LogP contribution in [0.4, 0.5) is 11.4 Å². The van der Waals surface area contributed by atoms with Crippen molar-refractivity contribution in [2.75, 3.05) is 31.6 Å². The van der Waals surface area contributed by atoms with Crippen molar-refractivity contribution in [3.8, 4) is 23.0 Å². The lowest BCUT2D eigenvalue weighted by Crippen LogP contribution is -2.14. The highest BCUT2D eigenvalue weighted by Crippen LogP contribution is 2.39. The third-order valence-corrected chi connectivity index (χ3v) is 4.13. The van der Waals surface area contributed by atoms with Crippen LogP contribution in [0.1, 0.15) is 24.2 Å². The summed E-state index contributed by atoms with van der Waals surface area (Å²) in [6, 6.07) is 6.32. The number of carbonyl (C=O) groups excluding carboxylic acids is 1. The first-order valence-electron chi connectivity index (χ1n) is 8.39. The molecule has 2 aromatic carbocycles. The number of hydrogen-bond donors (Lipinski definition) is 2. The fraction of sp³-hybridized carbons (Fsp3) is 0.316. The first-order chi connectivity index (χ1) is 12.9. The Balaban J connectivity index is 1.84. The average Bonchev–Trinajstić information content (AvgIpc) is 3.07. The minimum Gasteiger partial charge on any atom is -0.493 e. The van der Waals surface area contributed by atoms with Gasteiger partial charge in [-0.25, -0.2) is 0 Å². The maximum atomic E-state index is 12.7. The van der Waals surface area contributed by atoms with E-state index >= 15 is 0 Å². The number of rotatable bonds is 6. The normalized spacial score (nSPS) is 12.2. The van der Waals surface area contributed by atoms with E-state index in [-0.39, 0.29) is 6.79 Å². The van der Waals surface area contributed by atoms with E-state index in [1.807, 2.05) is 13.8 Å². The number of halogens is 1. The van der Waals surface area contributed by atoms with E-state index in [2.05, 4.69) is 5.32 Å². The molecule has 1 aliphatic rings. The van der Waals surface area contributed by atoms with Crippen LogP contribution >= 0.6 is 11.6 Å². The minimum absolute atomic E-state index is 0.122. The largest absolute Gasteiger partial charge is 0.493 e. The summed E-state index contributed by atoms with van der Waals surface area (Å²) in [5.41, 5.74) is 7.07. The number of carbonyl (C=O) groups is 1. The van der Waals surface area contributed by atoms with Crippen LogP contribution in [0.5, 0.6) is 23.0 Å². The van der Waals surface area contributed by atoms with Gasteiger partial charge in [-0.2, -0.15) is 0 Å². The number of nitrogens with two attached hydrogens (primary N) is 1. The average molecular weight is 393 g/mol. The summed E-state index contributed by atoms with van der Waals surface area (Å²) in [4.78, 5) is 12.7. The Labute approximate surface area is 162 Å². The van der Waals surface area contributed by atoms with Gasteiger partial charge in [-0.15, -0.1) is 0 Å². The van der Waals surface area contributed by atoms with Crippen molar-refractivity contribution in [1.82, 2.24) is 0 Å². The van der Waals surface area contributed by atoms with Gasteiger partial charge in [0.2, 0.25) is 6.79 Å². The molecule has 0 unspecified atom stereocenters. The van der Waals surface area contributed by atoms with E-state index < -0.39 is 5.91 Å². The predicted octanol–water partition coefficient (Wildman–Crippen LogP) is 3.95. The number of benzene rings is 2. The number of fused-ring (bicyclic) bond motifs is 1. The number of ether oxygens (including phenoxy) is 4. The lowest BCUT2D eigenvalue weighted by atomic mass is 10.1. The van der Waals surface area contributed by atoms with E-state index in [4.69, 9.17) is 36.3 Å². The zero-order chi connectivity index (χ0) is 19.6. The summed E-state index contributed by atoms with van der Waals surface area (Å²) < 4.78 is 21.6. The first-order valence-corrected chi connectivity index (χ1v) is 8.77. The van der Waals surface area contributed by atoms with E-state index in [9.17, 15) is 4.79 Å². The van der Waals surface area contributed by atoms with Crippen molar-refractivity contribution in [3.05, 3.63) is 34.9 Å². The van der Waals surface area contributed by atoms with Crippen LogP contribution in [0, 0.1) is 5.92 Å². The van der Waals surface area contributed by atoms with Crippen LogP contribution in [-0.4, -0.2) is 26.4 Å². The van der Waals surface area contributed by atoms with Crippen LogP contribution in [-0.2, 0) is 0 Å². The summed E-state index contributed by atoms with van der Waals surface area (Å²) in [7, 11) is 1.49. The number of methoxy groups -OCH3 is 1. The Kier molecular flexibility index (Phi) is 5.51. The molecule has 0 fully saturated rings. The molecule has 0 saturated carbocycles. The molecule has 0 spiro atoms. The van der Waals surface area contributed by atoms with E-state index in [1.54, 1.807) is 18.2 Å². The van der Waals surface area contributed by atoms with E-state index in [1.165, 1.54) is 13.2 Å². The molecule has 1 heterocycles. The van der Waals surface area contributed by atoms with E-state index in [0.717, 1.165) is 0 Å². The molecule has 0 aliphatic carbocycles. The molecule has 1 amide bonds. The standard InChI is InChI=1S/C19H21ClN2O5/c1-10(2)8-25-18-12(20)4-11(5-17(18)24-3)19(23)22-14-7-16-15(6-13(14)21)26-9-27-16/h4-7,10H,8-9,21H2,1-3H3,(H,22,23). The third kappa shape index (κ3) is 4.14. The quantitative estimate of drug-likeness (QED) is 0.723. The molecule has 7 nitrogen and oxygen atoms in total. The van der Waals surface area contributed by atoms with Gasteiger partial charge in [0.05, 0.1) is 30.1 Å². The zero-order valence-electron chi connectivity index (χ0n) is 15.3. The Morgan fingerprint density at radius 2 is 1.96 bits per heavy atom. The maximum absolute atomic E-state index is 12.7. The van der Waals surface area contributed by atoms with Gasteiger partial charge in [0, 0.05) is 17.7 Å². The molecule has 27 heavy (non-hydrogen) atoms. The molecule has 0 atom stereocenters. The smallest absolute Gasteiger partial charge is 0.255 e. The molecule has 0 saturated heterocycles. The monoisotopic (exact) mass is 392 g/mol.